The van der Waals surface area contributed by atoms with Gasteiger partial charge >= 0.3 is 0 Å². The zero-order valence-corrected chi connectivity index (χ0v) is 17.9. The smallest absolute Gasteiger partial charge is 0.0361 e. The van der Waals surface area contributed by atoms with Gasteiger partial charge in [0.1, 0.15) is 0 Å². The molecular weight excluding hydrogens is 332 g/mol. The van der Waals surface area contributed by atoms with Crippen molar-refractivity contribution in [2.24, 2.45) is 5.92 Å². The molecule has 6 saturated heterocycles. The van der Waals surface area contributed by atoms with Crippen molar-refractivity contribution in [2.75, 3.05) is 77.9 Å². The molecule has 27 heavy (non-hydrogen) atoms. The number of rotatable bonds is 1. The van der Waals surface area contributed by atoms with Crippen molar-refractivity contribution in [3.63, 3.8) is 0 Å². The molecule has 0 unspecified atom stereocenters. The Morgan fingerprint density at radius 1 is 0.852 bits per heavy atom. The van der Waals surface area contributed by atoms with Gasteiger partial charge in [-0.1, -0.05) is 25.1 Å². The van der Waals surface area contributed by atoms with Crippen molar-refractivity contribution >= 4 is 5.69 Å². The van der Waals surface area contributed by atoms with Crippen LogP contribution in [0.5, 0.6) is 0 Å². The number of aryl methyl sites for hydroxylation is 1. The minimum atomic E-state index is -0.250. The molecule has 7 rings (SSSR count). The van der Waals surface area contributed by atoms with Crippen LogP contribution in [0.4, 0.5) is 5.69 Å². The van der Waals surface area contributed by atoms with E-state index in [1.807, 2.05) is 14.1 Å². The van der Waals surface area contributed by atoms with Crippen molar-refractivity contribution in [1.82, 2.24) is 14.7 Å². The molecule has 1 aromatic rings. The fourth-order valence-corrected chi connectivity index (χ4v) is 4.23. The van der Waals surface area contributed by atoms with E-state index < -0.39 is 0 Å². The molecule has 0 spiro atoms. The first kappa shape index (κ1) is 19.2. The zero-order valence-electron chi connectivity index (χ0n) is 19.9. The molecule has 6 aliphatic rings. The van der Waals surface area contributed by atoms with Gasteiger partial charge in [0.05, 0.1) is 0 Å². The summed E-state index contributed by atoms with van der Waals surface area (Å²) in [7, 11) is 3.84. The van der Waals surface area contributed by atoms with E-state index in [1.54, 1.807) is 0 Å². The van der Waals surface area contributed by atoms with Crippen LogP contribution in [0.3, 0.4) is 0 Å². The molecule has 154 valence electrons. The molecule has 0 saturated carbocycles. The third-order valence-corrected chi connectivity index (χ3v) is 6.31. The van der Waals surface area contributed by atoms with Crippen LogP contribution in [0.15, 0.2) is 24.3 Å². The van der Waals surface area contributed by atoms with Crippen LogP contribution in [0.2, 0.25) is 0 Å². The summed E-state index contributed by atoms with van der Waals surface area (Å²) in [4.78, 5) is 9.76. The maximum Gasteiger partial charge on any atom is 0.0361 e. The lowest BCUT2D eigenvalue weighted by molar-refractivity contribution is 0.0647. The Hall–Kier alpha value is -1.10. The summed E-state index contributed by atoms with van der Waals surface area (Å²) >= 11 is 0. The van der Waals surface area contributed by atoms with Crippen LogP contribution < -0.4 is 4.90 Å². The quantitative estimate of drug-likeness (QED) is 0.743. The fourth-order valence-electron chi connectivity index (χ4n) is 4.23. The predicted molar refractivity (Wildman–Crippen MR) is 119 cm³/mol. The highest BCUT2D eigenvalue weighted by Gasteiger charge is 2.24. The molecule has 1 aromatic carbocycles. The Kier molecular flexibility index (Phi) is 7.86. The molecular formula is C23H42N4. The number of hydrogen-bond donors (Lipinski definition) is 0. The fraction of sp³-hybridized carbons (Fsp3) is 0.739. The normalized spacial score (nSPS) is 30.9. The molecule has 6 fully saturated rings. The minimum Gasteiger partial charge on any atom is -0.378 e. The topological polar surface area (TPSA) is 13.0 Å². The molecule has 4 bridgehead atoms. The minimum absolute atomic E-state index is 0.250. The van der Waals surface area contributed by atoms with E-state index in [9.17, 15) is 0 Å². The van der Waals surface area contributed by atoms with E-state index in [-0.39, 0.29) is 7.38 Å². The Labute approximate surface area is 170 Å². The third kappa shape index (κ3) is 7.10. The van der Waals surface area contributed by atoms with Gasteiger partial charge in [-0.3, -0.25) is 9.80 Å². The van der Waals surface area contributed by atoms with Crippen LogP contribution in [-0.2, 0) is 0 Å². The Morgan fingerprint density at radius 2 is 1.22 bits per heavy atom. The van der Waals surface area contributed by atoms with E-state index in [1.165, 1.54) is 89.4 Å². The van der Waals surface area contributed by atoms with Crippen molar-refractivity contribution < 1.29 is 2.74 Å². The first-order valence-corrected chi connectivity index (χ1v) is 10.5. The molecule has 6 aliphatic heterocycles. The summed E-state index contributed by atoms with van der Waals surface area (Å²) in [6.45, 7) is 14.2. The number of nitrogens with zero attached hydrogens (tertiary/aromatic N) is 4. The SMILES string of the molecule is C1CN2CCC1CC2.C1CN2CCN1CC2.Cc1ccc(N(C)C)cc1.[2H]C[3H]. The maximum atomic E-state index is 5.88. The first-order valence-electron chi connectivity index (χ1n) is 11.9. The number of piperazine rings is 3. The summed E-state index contributed by atoms with van der Waals surface area (Å²) in [5, 5.41) is 0. The predicted octanol–water partition coefficient (Wildman–Crippen LogP) is 3.42. The average Bonchev–Trinajstić information content (AvgIpc) is 2.78. The molecule has 0 radical (unpaired) electrons. The van der Waals surface area contributed by atoms with Crippen LogP contribution in [0.25, 0.3) is 0 Å². The highest BCUT2D eigenvalue weighted by Crippen LogP contribution is 2.26. The van der Waals surface area contributed by atoms with Crippen molar-refractivity contribution in [1.29, 1.82) is 0 Å². The number of benzene rings is 1. The summed E-state index contributed by atoms with van der Waals surface area (Å²) in [6.07, 6.45) is 4.46. The second-order valence-corrected chi connectivity index (χ2v) is 8.49. The van der Waals surface area contributed by atoms with E-state index in [0.717, 1.165) is 5.92 Å². The van der Waals surface area contributed by atoms with E-state index >= 15 is 0 Å². The monoisotopic (exact) mass is 377 g/mol. The lowest BCUT2D eigenvalue weighted by Gasteiger charge is -2.41. The summed E-state index contributed by atoms with van der Waals surface area (Å²) in [6, 6.07) is 8.48. The van der Waals surface area contributed by atoms with E-state index in [2.05, 4.69) is 50.8 Å². The van der Waals surface area contributed by atoms with Crippen molar-refractivity contribution in [3.05, 3.63) is 29.8 Å². The second kappa shape index (κ2) is 11.0. The molecule has 4 heteroatoms. The van der Waals surface area contributed by atoms with Gasteiger partial charge in [-0.05, 0) is 63.9 Å². The van der Waals surface area contributed by atoms with E-state index in [4.69, 9.17) is 2.74 Å². The molecule has 0 aliphatic carbocycles. The van der Waals surface area contributed by atoms with Gasteiger partial charge < -0.3 is 9.80 Å². The van der Waals surface area contributed by atoms with Crippen molar-refractivity contribution in [3.8, 4) is 0 Å². The number of fused-ring (bicyclic) bond motifs is 6. The van der Waals surface area contributed by atoms with Gasteiger partial charge in [0.2, 0.25) is 0 Å². The van der Waals surface area contributed by atoms with E-state index in [0.29, 0.717) is 0 Å². The Morgan fingerprint density at radius 3 is 1.44 bits per heavy atom. The van der Waals surface area contributed by atoms with Gasteiger partial charge in [-0.2, -0.15) is 0 Å². The van der Waals surface area contributed by atoms with Crippen LogP contribution in [0, 0.1) is 12.8 Å². The van der Waals surface area contributed by atoms with Gasteiger partial charge in [0.25, 0.3) is 0 Å². The number of piperidine rings is 3. The second-order valence-electron chi connectivity index (χ2n) is 8.49. The van der Waals surface area contributed by atoms with Crippen LogP contribution in [0.1, 0.15) is 34.9 Å². The summed E-state index contributed by atoms with van der Waals surface area (Å²) in [5.74, 6) is 1.11. The number of anilines is 1. The molecule has 0 amide bonds. The molecule has 6 heterocycles. The first-order chi connectivity index (χ1) is 14.0. The van der Waals surface area contributed by atoms with Crippen molar-refractivity contribution in [2.45, 2.75) is 33.6 Å². The highest BCUT2D eigenvalue weighted by atomic mass is 15.3. The largest absolute Gasteiger partial charge is 0.378 e. The molecule has 4 nitrogen and oxygen atoms in total. The van der Waals surface area contributed by atoms with Gasteiger partial charge in [0, 0.05) is 61.8 Å². The lowest BCUT2D eigenvalue weighted by Crippen LogP contribution is -2.55. The van der Waals surface area contributed by atoms with Crippen LogP contribution >= 0.6 is 0 Å². The average molecular weight is 378 g/mol. The van der Waals surface area contributed by atoms with Crippen LogP contribution in [-0.4, -0.2) is 87.7 Å². The zero-order chi connectivity index (χ0) is 21.1. The highest BCUT2D eigenvalue weighted by molar-refractivity contribution is 5.45. The van der Waals surface area contributed by atoms with Gasteiger partial charge in [-0.25, -0.2) is 0 Å². The summed E-state index contributed by atoms with van der Waals surface area (Å²) < 4.78 is 11.8. The van der Waals surface area contributed by atoms with Gasteiger partial charge in [0.15, 0.2) is 0 Å². The maximum absolute atomic E-state index is 5.88. The number of hydrogen-bond acceptors (Lipinski definition) is 4. The third-order valence-electron chi connectivity index (χ3n) is 6.31. The molecule has 0 aromatic heterocycles. The molecule has 0 atom stereocenters. The standard InChI is InChI=1S/C9H13N.C7H13N.C6H12N2.CH4/c1-8-4-6-9(7-5-8)10(2)3;1-4-8-5-2-7(1)3-6-8;1-2-8-5-3-7(1)4-6-8;/h4-7H,1-3H3;7H,1-6H2;1-6H2;1H4/i;;;1TD. The Bertz CT molecular complexity index is 466. The molecule has 0 N–H and O–H groups in total. The summed E-state index contributed by atoms with van der Waals surface area (Å²) in [5.41, 5.74) is 2.57. The Balaban J connectivity index is 0.000000146. The lowest BCUT2D eigenvalue weighted by atomic mass is 9.89. The van der Waals surface area contributed by atoms with Gasteiger partial charge in [-0.15, -0.1) is 0 Å².